The number of carbonyl (C=O) groups is 1. The van der Waals surface area contributed by atoms with Gasteiger partial charge in [-0.25, -0.2) is 9.79 Å². The van der Waals surface area contributed by atoms with Crippen LogP contribution in [0.2, 0.25) is 0 Å². The van der Waals surface area contributed by atoms with Gasteiger partial charge in [-0.15, -0.1) is 0 Å². The number of nitrogens with zero attached hydrogens (tertiary/aromatic N) is 2. The largest absolute Gasteiger partial charge is 0.454 e. The number of hydrogen-bond donors (Lipinski definition) is 0. The predicted molar refractivity (Wildman–Crippen MR) is 86.3 cm³/mol. The second-order valence-corrected chi connectivity index (χ2v) is 5.26. The minimum absolute atomic E-state index is 0.0284. The fourth-order valence-corrected chi connectivity index (χ4v) is 2.45. The maximum absolute atomic E-state index is 12.0. The van der Waals surface area contributed by atoms with Gasteiger partial charge in [0, 0.05) is 17.7 Å². The second-order valence-electron chi connectivity index (χ2n) is 5.26. The SMILES string of the molecule is O=C1OC(c2cccc([N+](=O)[O-])c2)=N/C1=C\c1ccc2c(c1)OCO2. The zero-order valence-corrected chi connectivity index (χ0v) is 12.7. The Balaban J connectivity index is 1.66. The van der Waals surface area contributed by atoms with Crippen molar-refractivity contribution in [2.24, 2.45) is 4.99 Å². The van der Waals surface area contributed by atoms with Gasteiger partial charge < -0.3 is 14.2 Å². The lowest BCUT2D eigenvalue weighted by Crippen LogP contribution is -2.05. The van der Waals surface area contributed by atoms with Gasteiger partial charge >= 0.3 is 5.97 Å². The monoisotopic (exact) mass is 338 g/mol. The molecule has 2 aromatic rings. The van der Waals surface area contributed by atoms with E-state index in [1.54, 1.807) is 30.3 Å². The van der Waals surface area contributed by atoms with E-state index in [1.807, 2.05) is 0 Å². The average molecular weight is 338 g/mol. The summed E-state index contributed by atoms with van der Waals surface area (Å²) < 4.78 is 15.6. The number of fused-ring (bicyclic) bond motifs is 1. The quantitative estimate of drug-likeness (QED) is 0.369. The standard InChI is InChI=1S/C17H10N2O6/c20-17-13(6-10-4-5-14-15(7-10)24-9-23-14)18-16(25-17)11-2-1-3-12(8-11)19(21)22/h1-8H,9H2/b13-6-. The Morgan fingerprint density at radius 1 is 1.12 bits per heavy atom. The van der Waals surface area contributed by atoms with Gasteiger partial charge in [0.05, 0.1) is 4.92 Å². The van der Waals surface area contributed by atoms with Gasteiger partial charge in [0.15, 0.2) is 17.2 Å². The van der Waals surface area contributed by atoms with Crippen molar-refractivity contribution in [1.29, 1.82) is 0 Å². The van der Waals surface area contributed by atoms with Crippen LogP contribution in [0, 0.1) is 10.1 Å². The van der Waals surface area contributed by atoms with Gasteiger partial charge in [-0.2, -0.15) is 0 Å². The molecule has 0 amide bonds. The highest BCUT2D eigenvalue weighted by atomic mass is 16.7. The molecule has 2 aromatic carbocycles. The number of benzene rings is 2. The number of non-ortho nitro benzene ring substituents is 1. The molecule has 124 valence electrons. The van der Waals surface area contributed by atoms with E-state index in [-0.39, 0.29) is 24.1 Å². The molecule has 0 saturated heterocycles. The van der Waals surface area contributed by atoms with Crippen molar-refractivity contribution in [3.63, 3.8) is 0 Å². The highest BCUT2D eigenvalue weighted by Crippen LogP contribution is 2.33. The number of aliphatic imine (C=N–C) groups is 1. The number of rotatable bonds is 3. The summed E-state index contributed by atoms with van der Waals surface area (Å²) in [4.78, 5) is 26.5. The van der Waals surface area contributed by atoms with Crippen molar-refractivity contribution in [2.75, 3.05) is 6.79 Å². The highest BCUT2D eigenvalue weighted by molar-refractivity contribution is 6.13. The molecular formula is C17H10N2O6. The molecule has 0 atom stereocenters. The zero-order valence-electron chi connectivity index (χ0n) is 12.7. The molecule has 0 spiro atoms. The molecule has 0 radical (unpaired) electrons. The maximum Gasteiger partial charge on any atom is 0.363 e. The van der Waals surface area contributed by atoms with Gasteiger partial charge in [-0.05, 0) is 29.8 Å². The van der Waals surface area contributed by atoms with Crippen LogP contribution in [0.3, 0.4) is 0 Å². The number of nitro groups is 1. The smallest absolute Gasteiger partial charge is 0.363 e. The summed E-state index contributed by atoms with van der Waals surface area (Å²) in [5.74, 6) is 0.625. The first-order chi connectivity index (χ1) is 12.1. The predicted octanol–water partition coefficient (Wildman–Crippen LogP) is 2.67. The molecule has 0 fully saturated rings. The lowest BCUT2D eigenvalue weighted by atomic mass is 10.1. The van der Waals surface area contributed by atoms with Crippen molar-refractivity contribution in [3.8, 4) is 11.5 Å². The first kappa shape index (κ1) is 14.9. The Bertz CT molecular complexity index is 963. The summed E-state index contributed by atoms with van der Waals surface area (Å²) in [5, 5.41) is 10.9. The molecule has 0 bridgehead atoms. The maximum atomic E-state index is 12.0. The summed E-state index contributed by atoms with van der Waals surface area (Å²) in [6, 6.07) is 11.0. The van der Waals surface area contributed by atoms with Gasteiger partial charge in [0.25, 0.3) is 5.69 Å². The van der Waals surface area contributed by atoms with Gasteiger partial charge in [-0.1, -0.05) is 12.1 Å². The topological polar surface area (TPSA) is 100 Å². The number of nitro benzene ring substituents is 1. The average Bonchev–Trinajstić information content (AvgIpc) is 3.21. The molecule has 25 heavy (non-hydrogen) atoms. The second kappa shape index (κ2) is 5.75. The Kier molecular flexibility index (Phi) is 3.42. The Labute approximate surface area is 141 Å². The molecule has 0 unspecified atom stereocenters. The number of cyclic esters (lactones) is 1. The third-order valence-corrected chi connectivity index (χ3v) is 3.62. The fourth-order valence-electron chi connectivity index (χ4n) is 2.45. The van der Waals surface area contributed by atoms with E-state index >= 15 is 0 Å². The summed E-state index contributed by atoms with van der Waals surface area (Å²) >= 11 is 0. The summed E-state index contributed by atoms with van der Waals surface area (Å²) in [7, 11) is 0. The number of ether oxygens (including phenoxy) is 3. The van der Waals surface area contributed by atoms with E-state index in [0.717, 1.165) is 0 Å². The van der Waals surface area contributed by atoms with E-state index in [4.69, 9.17) is 14.2 Å². The van der Waals surface area contributed by atoms with Crippen LogP contribution in [0.5, 0.6) is 11.5 Å². The van der Waals surface area contributed by atoms with Crippen LogP contribution in [0.25, 0.3) is 6.08 Å². The molecule has 4 rings (SSSR count). The molecule has 8 nitrogen and oxygen atoms in total. The molecule has 0 aliphatic carbocycles. The Morgan fingerprint density at radius 3 is 2.80 bits per heavy atom. The minimum atomic E-state index is -0.626. The minimum Gasteiger partial charge on any atom is -0.454 e. The van der Waals surface area contributed by atoms with E-state index < -0.39 is 10.9 Å². The summed E-state index contributed by atoms with van der Waals surface area (Å²) in [6.07, 6.45) is 1.55. The van der Waals surface area contributed by atoms with E-state index in [2.05, 4.69) is 4.99 Å². The lowest BCUT2D eigenvalue weighted by Gasteiger charge is -1.98. The molecule has 0 saturated carbocycles. The van der Waals surface area contributed by atoms with Crippen LogP contribution in [0.15, 0.2) is 53.2 Å². The van der Waals surface area contributed by atoms with Crippen molar-refractivity contribution in [2.45, 2.75) is 0 Å². The van der Waals surface area contributed by atoms with E-state index in [1.165, 1.54) is 18.2 Å². The molecule has 0 aromatic heterocycles. The number of hydrogen-bond acceptors (Lipinski definition) is 7. The van der Waals surface area contributed by atoms with Gasteiger partial charge in [0.2, 0.25) is 12.7 Å². The Morgan fingerprint density at radius 2 is 1.96 bits per heavy atom. The normalized spacial score (nSPS) is 16.7. The van der Waals surface area contributed by atoms with Crippen LogP contribution in [0.1, 0.15) is 11.1 Å². The van der Waals surface area contributed by atoms with Gasteiger partial charge in [-0.3, -0.25) is 10.1 Å². The van der Waals surface area contributed by atoms with Gasteiger partial charge in [0.1, 0.15) is 0 Å². The third kappa shape index (κ3) is 2.80. The van der Waals surface area contributed by atoms with E-state index in [9.17, 15) is 14.9 Å². The first-order valence-electron chi connectivity index (χ1n) is 7.27. The molecule has 0 N–H and O–H groups in total. The number of esters is 1. The van der Waals surface area contributed by atoms with Crippen molar-refractivity contribution in [3.05, 3.63) is 69.4 Å². The van der Waals surface area contributed by atoms with Crippen LogP contribution in [-0.4, -0.2) is 23.6 Å². The molecule has 2 aliphatic heterocycles. The summed E-state index contributed by atoms with van der Waals surface area (Å²) in [5.41, 5.74) is 1.04. The fraction of sp³-hybridized carbons (Fsp3) is 0.0588. The number of carbonyl (C=O) groups excluding carboxylic acids is 1. The van der Waals surface area contributed by atoms with Crippen LogP contribution >= 0.6 is 0 Å². The highest BCUT2D eigenvalue weighted by Gasteiger charge is 2.25. The van der Waals surface area contributed by atoms with E-state index in [0.29, 0.717) is 22.6 Å². The third-order valence-electron chi connectivity index (χ3n) is 3.62. The van der Waals surface area contributed by atoms with Crippen LogP contribution in [0.4, 0.5) is 5.69 Å². The molecule has 2 heterocycles. The van der Waals surface area contributed by atoms with Crippen LogP contribution in [-0.2, 0) is 9.53 Å². The summed E-state index contributed by atoms with van der Waals surface area (Å²) in [6.45, 7) is 0.159. The first-order valence-corrected chi connectivity index (χ1v) is 7.27. The lowest BCUT2D eigenvalue weighted by molar-refractivity contribution is -0.384. The van der Waals surface area contributed by atoms with Crippen molar-refractivity contribution >= 4 is 23.6 Å². The zero-order chi connectivity index (χ0) is 17.4. The van der Waals surface area contributed by atoms with Crippen LogP contribution < -0.4 is 9.47 Å². The Hall–Kier alpha value is -3.68. The van der Waals surface area contributed by atoms with Crippen molar-refractivity contribution in [1.82, 2.24) is 0 Å². The molecule has 8 heteroatoms. The molecular weight excluding hydrogens is 328 g/mol. The molecule has 2 aliphatic rings. The van der Waals surface area contributed by atoms with Crippen molar-refractivity contribution < 1.29 is 23.9 Å².